The van der Waals surface area contributed by atoms with Gasteiger partial charge in [0.25, 0.3) is 0 Å². The SMILES string of the molecule is CC(=O)c1cc(C)c(N(C)Cc2cnc3nc(N)nc(N)c3n2)c(C)c1. The summed E-state index contributed by atoms with van der Waals surface area (Å²) in [6.07, 6.45) is 1.65. The lowest BCUT2D eigenvalue weighted by atomic mass is 10.0. The van der Waals surface area contributed by atoms with Crippen molar-refractivity contribution in [1.82, 2.24) is 19.9 Å². The molecule has 0 atom stereocenters. The van der Waals surface area contributed by atoms with Crippen molar-refractivity contribution in [2.24, 2.45) is 0 Å². The number of anilines is 3. The van der Waals surface area contributed by atoms with Crippen molar-refractivity contribution >= 4 is 34.4 Å². The molecule has 0 fully saturated rings. The molecule has 0 unspecified atom stereocenters. The maximum absolute atomic E-state index is 11.6. The van der Waals surface area contributed by atoms with Crippen LogP contribution in [0.3, 0.4) is 0 Å². The van der Waals surface area contributed by atoms with E-state index in [4.69, 9.17) is 11.5 Å². The fourth-order valence-corrected chi connectivity index (χ4v) is 3.14. The fourth-order valence-electron chi connectivity index (χ4n) is 3.14. The molecular formula is C18H21N7O. The zero-order chi connectivity index (χ0) is 19.0. The highest BCUT2D eigenvalue weighted by Crippen LogP contribution is 2.27. The molecule has 4 N–H and O–H groups in total. The van der Waals surface area contributed by atoms with Crippen molar-refractivity contribution in [2.45, 2.75) is 27.3 Å². The minimum atomic E-state index is 0.0561. The lowest BCUT2D eigenvalue weighted by Gasteiger charge is -2.24. The van der Waals surface area contributed by atoms with E-state index >= 15 is 0 Å². The van der Waals surface area contributed by atoms with Gasteiger partial charge in [-0.2, -0.15) is 9.97 Å². The van der Waals surface area contributed by atoms with Crippen LogP contribution < -0.4 is 16.4 Å². The Labute approximate surface area is 151 Å². The predicted octanol–water partition coefficient (Wildman–Crippen LogP) is 2.04. The number of ketones is 1. The van der Waals surface area contributed by atoms with Gasteiger partial charge < -0.3 is 16.4 Å². The molecule has 0 aliphatic carbocycles. The van der Waals surface area contributed by atoms with Crippen LogP contribution in [-0.4, -0.2) is 32.8 Å². The molecular weight excluding hydrogens is 330 g/mol. The summed E-state index contributed by atoms with van der Waals surface area (Å²) in [7, 11) is 1.97. The third-order valence-corrected chi connectivity index (χ3v) is 4.18. The van der Waals surface area contributed by atoms with E-state index in [0.717, 1.165) is 22.5 Å². The van der Waals surface area contributed by atoms with Crippen LogP contribution in [-0.2, 0) is 6.54 Å². The van der Waals surface area contributed by atoms with Gasteiger partial charge in [-0.05, 0) is 44.0 Å². The first kappa shape index (κ1) is 17.5. The van der Waals surface area contributed by atoms with Crippen molar-refractivity contribution in [3.05, 3.63) is 40.7 Å². The van der Waals surface area contributed by atoms with E-state index in [1.165, 1.54) is 0 Å². The highest BCUT2D eigenvalue weighted by Gasteiger charge is 2.14. The Balaban J connectivity index is 1.94. The molecule has 3 aromatic rings. The zero-order valence-electron chi connectivity index (χ0n) is 15.2. The Morgan fingerprint density at radius 1 is 1.12 bits per heavy atom. The molecule has 26 heavy (non-hydrogen) atoms. The second-order valence-corrected chi connectivity index (χ2v) is 6.37. The van der Waals surface area contributed by atoms with E-state index in [1.807, 2.05) is 33.0 Å². The lowest BCUT2D eigenvalue weighted by molar-refractivity contribution is 0.101. The zero-order valence-corrected chi connectivity index (χ0v) is 15.2. The van der Waals surface area contributed by atoms with Crippen LogP contribution in [0.5, 0.6) is 0 Å². The van der Waals surface area contributed by atoms with Crippen LogP contribution >= 0.6 is 0 Å². The monoisotopic (exact) mass is 351 g/mol. The highest BCUT2D eigenvalue weighted by atomic mass is 16.1. The van der Waals surface area contributed by atoms with Crippen molar-refractivity contribution in [2.75, 3.05) is 23.4 Å². The van der Waals surface area contributed by atoms with Crippen LogP contribution in [0, 0.1) is 13.8 Å². The number of nitrogens with zero attached hydrogens (tertiary/aromatic N) is 5. The van der Waals surface area contributed by atoms with Gasteiger partial charge >= 0.3 is 0 Å². The Morgan fingerprint density at radius 3 is 2.38 bits per heavy atom. The number of carbonyl (C=O) groups is 1. The van der Waals surface area contributed by atoms with Crippen molar-refractivity contribution in [1.29, 1.82) is 0 Å². The number of aromatic nitrogens is 4. The van der Waals surface area contributed by atoms with Gasteiger partial charge in [-0.1, -0.05) is 0 Å². The summed E-state index contributed by atoms with van der Waals surface area (Å²) in [5.41, 5.74) is 16.8. The number of nitrogens with two attached hydrogens (primary N) is 2. The van der Waals surface area contributed by atoms with E-state index in [0.29, 0.717) is 23.3 Å². The molecule has 0 aliphatic heterocycles. The standard InChI is InChI=1S/C18H21N7O/c1-9-5-12(11(3)26)6-10(2)15(9)25(4)8-13-7-21-17-14(22-13)16(19)23-18(20)24-17/h5-7H,8H2,1-4H3,(H4,19,20,21,23,24). The molecule has 0 bridgehead atoms. The number of rotatable bonds is 4. The maximum Gasteiger partial charge on any atom is 0.224 e. The van der Waals surface area contributed by atoms with Gasteiger partial charge in [0, 0.05) is 18.3 Å². The van der Waals surface area contributed by atoms with Crippen molar-refractivity contribution in [3.8, 4) is 0 Å². The van der Waals surface area contributed by atoms with E-state index in [9.17, 15) is 4.79 Å². The topological polar surface area (TPSA) is 124 Å². The Morgan fingerprint density at radius 2 is 1.77 bits per heavy atom. The normalized spacial score (nSPS) is 10.9. The van der Waals surface area contributed by atoms with Crippen LogP contribution in [0.4, 0.5) is 17.5 Å². The molecule has 0 saturated carbocycles. The van der Waals surface area contributed by atoms with Gasteiger partial charge in [0.1, 0.15) is 0 Å². The summed E-state index contributed by atoms with van der Waals surface area (Å²) in [5, 5.41) is 0. The number of Topliss-reactive ketones (excluding diaryl/α,β-unsaturated/α-hetero) is 1. The molecule has 0 spiro atoms. The summed E-state index contributed by atoms with van der Waals surface area (Å²) in [5.74, 6) is 0.342. The summed E-state index contributed by atoms with van der Waals surface area (Å²) >= 11 is 0. The second-order valence-electron chi connectivity index (χ2n) is 6.37. The molecule has 0 amide bonds. The molecule has 2 heterocycles. The molecule has 8 nitrogen and oxygen atoms in total. The predicted molar refractivity (Wildman–Crippen MR) is 102 cm³/mol. The minimum Gasteiger partial charge on any atom is -0.382 e. The Kier molecular flexibility index (Phi) is 4.41. The number of fused-ring (bicyclic) bond motifs is 1. The van der Waals surface area contributed by atoms with Crippen LogP contribution in [0.15, 0.2) is 18.3 Å². The number of benzene rings is 1. The number of nitrogen functional groups attached to an aromatic ring is 2. The Hall–Kier alpha value is -3.29. The molecule has 8 heteroatoms. The van der Waals surface area contributed by atoms with Crippen LogP contribution in [0.2, 0.25) is 0 Å². The largest absolute Gasteiger partial charge is 0.382 e. The van der Waals surface area contributed by atoms with Crippen LogP contribution in [0.1, 0.15) is 34.1 Å². The van der Waals surface area contributed by atoms with Gasteiger partial charge in [-0.3, -0.25) is 4.79 Å². The average molecular weight is 351 g/mol. The third-order valence-electron chi connectivity index (χ3n) is 4.18. The summed E-state index contributed by atoms with van der Waals surface area (Å²) in [6.45, 7) is 6.08. The quantitative estimate of drug-likeness (QED) is 0.684. The number of hydrogen-bond donors (Lipinski definition) is 2. The summed E-state index contributed by atoms with van der Waals surface area (Å²) < 4.78 is 0. The summed E-state index contributed by atoms with van der Waals surface area (Å²) in [4.78, 5) is 30.5. The lowest BCUT2D eigenvalue weighted by Crippen LogP contribution is -2.20. The molecule has 0 radical (unpaired) electrons. The van der Waals surface area contributed by atoms with Gasteiger partial charge in [-0.15, -0.1) is 0 Å². The first-order valence-corrected chi connectivity index (χ1v) is 8.14. The number of carbonyl (C=O) groups excluding carboxylic acids is 1. The molecule has 0 aliphatic rings. The van der Waals surface area contributed by atoms with Gasteiger partial charge in [0.2, 0.25) is 5.95 Å². The third kappa shape index (κ3) is 3.26. The Bertz CT molecular complexity index is 993. The number of aryl methyl sites for hydroxylation is 2. The second kappa shape index (κ2) is 6.55. The van der Waals surface area contributed by atoms with Gasteiger partial charge in [0.05, 0.1) is 18.4 Å². The summed E-state index contributed by atoms with van der Waals surface area (Å²) in [6, 6.07) is 3.81. The van der Waals surface area contributed by atoms with E-state index < -0.39 is 0 Å². The first-order valence-electron chi connectivity index (χ1n) is 8.14. The van der Waals surface area contributed by atoms with Crippen molar-refractivity contribution in [3.63, 3.8) is 0 Å². The maximum atomic E-state index is 11.6. The minimum absolute atomic E-state index is 0.0561. The average Bonchev–Trinajstić information content (AvgIpc) is 2.54. The van der Waals surface area contributed by atoms with E-state index in [-0.39, 0.29) is 17.5 Å². The molecule has 134 valence electrons. The molecule has 3 rings (SSSR count). The fraction of sp³-hybridized carbons (Fsp3) is 0.278. The van der Waals surface area contributed by atoms with E-state index in [2.05, 4.69) is 24.8 Å². The van der Waals surface area contributed by atoms with Gasteiger partial charge in [-0.25, -0.2) is 9.97 Å². The van der Waals surface area contributed by atoms with E-state index in [1.54, 1.807) is 13.1 Å². The first-order chi connectivity index (χ1) is 12.3. The molecule has 2 aromatic heterocycles. The molecule has 1 aromatic carbocycles. The smallest absolute Gasteiger partial charge is 0.224 e. The highest BCUT2D eigenvalue weighted by molar-refractivity contribution is 5.95. The van der Waals surface area contributed by atoms with Crippen molar-refractivity contribution < 1.29 is 4.79 Å². The number of hydrogen-bond acceptors (Lipinski definition) is 8. The van der Waals surface area contributed by atoms with Gasteiger partial charge in [0.15, 0.2) is 22.8 Å². The molecule has 0 saturated heterocycles. The van der Waals surface area contributed by atoms with Crippen LogP contribution in [0.25, 0.3) is 11.2 Å².